The van der Waals surface area contributed by atoms with Crippen LogP contribution in [0.1, 0.15) is 6.42 Å². The molecule has 2 nitrogen and oxygen atoms in total. The van der Waals surface area contributed by atoms with E-state index in [9.17, 15) is 0 Å². The van der Waals surface area contributed by atoms with E-state index in [1.165, 1.54) is 0 Å². The van der Waals surface area contributed by atoms with Gasteiger partial charge in [-0.05, 0) is 6.08 Å². The Kier molecular flexibility index (Phi) is 1.57. The van der Waals surface area contributed by atoms with E-state index in [-0.39, 0.29) is 0 Å². The van der Waals surface area contributed by atoms with Gasteiger partial charge in [0.2, 0.25) is 0 Å². The summed E-state index contributed by atoms with van der Waals surface area (Å²) >= 11 is 0. The van der Waals surface area contributed by atoms with Crippen molar-refractivity contribution >= 4 is 0 Å². The highest BCUT2D eigenvalue weighted by Gasteiger charge is 1.95. The number of hydrogen-bond acceptors (Lipinski definition) is 2. The van der Waals surface area contributed by atoms with Crippen LogP contribution in [0.5, 0.6) is 0 Å². The summed E-state index contributed by atoms with van der Waals surface area (Å²) in [6.07, 6.45) is 5.98. The average Bonchev–Trinajstić information content (AvgIpc) is 1.90. The van der Waals surface area contributed by atoms with Crippen molar-refractivity contribution in [3.63, 3.8) is 0 Å². The normalized spacial score (nSPS) is 16.9. The predicted molar refractivity (Wildman–Crippen MR) is 29.9 cm³/mol. The first-order valence-corrected chi connectivity index (χ1v) is 2.47. The van der Waals surface area contributed by atoms with Crippen LogP contribution >= 0.6 is 0 Å². The molecule has 1 aliphatic rings. The van der Waals surface area contributed by atoms with Crippen molar-refractivity contribution in [1.29, 1.82) is 0 Å². The molecule has 0 fully saturated rings. The van der Waals surface area contributed by atoms with Crippen LogP contribution in [0.2, 0.25) is 0 Å². The molecule has 0 aromatic heterocycles. The van der Waals surface area contributed by atoms with Gasteiger partial charge in [0.05, 0.1) is 13.4 Å². The van der Waals surface area contributed by atoms with E-state index in [0.717, 1.165) is 12.2 Å². The summed E-state index contributed by atoms with van der Waals surface area (Å²) in [5, 5.41) is 0. The van der Waals surface area contributed by atoms with Crippen LogP contribution < -0.4 is 0 Å². The third-order valence-corrected chi connectivity index (χ3v) is 0.956. The Morgan fingerprint density at radius 1 is 1.75 bits per heavy atom. The van der Waals surface area contributed by atoms with Crippen LogP contribution in [0, 0.1) is 0 Å². The van der Waals surface area contributed by atoms with Gasteiger partial charge in [-0.1, -0.05) is 0 Å². The molecule has 0 aromatic rings. The minimum absolute atomic E-state index is 0.844. The van der Waals surface area contributed by atoms with Gasteiger partial charge in [-0.3, -0.25) is 0 Å². The number of rotatable bonds is 1. The number of allylic oxidation sites excluding steroid dienone is 1. The minimum atomic E-state index is 0.844. The molecule has 0 atom stereocenters. The quantitative estimate of drug-likeness (QED) is 0.510. The average molecular weight is 112 g/mol. The molecular formula is C6H8O2. The van der Waals surface area contributed by atoms with Gasteiger partial charge >= 0.3 is 0 Å². The first-order valence-electron chi connectivity index (χ1n) is 2.47. The first kappa shape index (κ1) is 5.22. The lowest BCUT2D eigenvalue weighted by atomic mass is 10.3. The molecular weight excluding hydrogens is 104 g/mol. The van der Waals surface area contributed by atoms with Gasteiger partial charge in [-0.25, -0.2) is 0 Å². The fourth-order valence-electron chi connectivity index (χ4n) is 0.515. The van der Waals surface area contributed by atoms with Crippen LogP contribution in [-0.4, -0.2) is 7.11 Å². The second-order valence-corrected chi connectivity index (χ2v) is 1.50. The van der Waals surface area contributed by atoms with Gasteiger partial charge in [0, 0.05) is 6.42 Å². The first-order chi connectivity index (χ1) is 3.93. The summed E-state index contributed by atoms with van der Waals surface area (Å²) in [5.74, 6) is 0.868. The van der Waals surface area contributed by atoms with E-state index in [1.54, 1.807) is 19.6 Å². The molecule has 44 valence electrons. The van der Waals surface area contributed by atoms with Crippen molar-refractivity contribution in [2.45, 2.75) is 6.42 Å². The predicted octanol–water partition coefficient (Wildman–Crippen LogP) is 1.41. The van der Waals surface area contributed by atoms with E-state index < -0.39 is 0 Å². The summed E-state index contributed by atoms with van der Waals surface area (Å²) in [4.78, 5) is 0. The Bertz CT molecular complexity index is 124. The SMILES string of the molecule is COC1=COC=CC1. The van der Waals surface area contributed by atoms with E-state index in [1.807, 2.05) is 6.08 Å². The molecule has 1 heterocycles. The molecule has 0 N–H and O–H groups in total. The maximum Gasteiger partial charge on any atom is 0.134 e. The van der Waals surface area contributed by atoms with Crippen molar-refractivity contribution in [3.8, 4) is 0 Å². The maximum absolute atomic E-state index is 4.88. The highest BCUT2D eigenvalue weighted by atomic mass is 16.5. The lowest BCUT2D eigenvalue weighted by molar-refractivity contribution is 0.249. The number of ether oxygens (including phenoxy) is 2. The van der Waals surface area contributed by atoms with Crippen LogP contribution in [0.3, 0.4) is 0 Å². The maximum atomic E-state index is 4.88. The van der Waals surface area contributed by atoms with E-state index in [0.29, 0.717) is 0 Å². The van der Waals surface area contributed by atoms with Crippen LogP contribution in [0.4, 0.5) is 0 Å². The van der Waals surface area contributed by atoms with Gasteiger partial charge in [0.25, 0.3) is 0 Å². The van der Waals surface area contributed by atoms with Crippen LogP contribution in [0.25, 0.3) is 0 Å². The number of methoxy groups -OCH3 is 1. The molecule has 1 aliphatic heterocycles. The highest BCUT2D eigenvalue weighted by molar-refractivity contribution is 5.00. The van der Waals surface area contributed by atoms with Crippen LogP contribution in [-0.2, 0) is 9.47 Å². The third kappa shape index (κ3) is 1.03. The Morgan fingerprint density at radius 2 is 2.62 bits per heavy atom. The summed E-state index contributed by atoms with van der Waals surface area (Å²) in [7, 11) is 1.63. The van der Waals surface area contributed by atoms with Crippen molar-refractivity contribution in [3.05, 3.63) is 24.4 Å². The zero-order valence-electron chi connectivity index (χ0n) is 4.76. The summed E-state index contributed by atoms with van der Waals surface area (Å²) in [5.41, 5.74) is 0. The molecule has 0 radical (unpaired) electrons. The lowest BCUT2D eigenvalue weighted by Crippen LogP contribution is -1.89. The summed E-state index contributed by atoms with van der Waals surface area (Å²) in [6.45, 7) is 0. The van der Waals surface area contributed by atoms with E-state index in [2.05, 4.69) is 0 Å². The molecule has 0 spiro atoms. The summed E-state index contributed by atoms with van der Waals surface area (Å²) < 4.78 is 9.68. The van der Waals surface area contributed by atoms with Crippen molar-refractivity contribution in [2.75, 3.05) is 7.11 Å². The zero-order chi connectivity index (χ0) is 5.82. The van der Waals surface area contributed by atoms with Crippen LogP contribution in [0.15, 0.2) is 24.4 Å². The second kappa shape index (κ2) is 2.40. The Labute approximate surface area is 48.4 Å². The third-order valence-electron chi connectivity index (χ3n) is 0.956. The Hall–Kier alpha value is -0.920. The zero-order valence-corrected chi connectivity index (χ0v) is 4.76. The minimum Gasteiger partial charge on any atom is -0.498 e. The molecule has 0 saturated heterocycles. The lowest BCUT2D eigenvalue weighted by Gasteiger charge is -2.04. The summed E-state index contributed by atoms with van der Waals surface area (Å²) in [6, 6.07) is 0. The fraction of sp³-hybridized carbons (Fsp3) is 0.333. The van der Waals surface area contributed by atoms with Gasteiger partial charge in [0.15, 0.2) is 0 Å². The molecule has 2 heteroatoms. The monoisotopic (exact) mass is 112 g/mol. The topological polar surface area (TPSA) is 18.5 Å². The van der Waals surface area contributed by atoms with Crippen molar-refractivity contribution < 1.29 is 9.47 Å². The Balaban J connectivity index is 2.43. The second-order valence-electron chi connectivity index (χ2n) is 1.50. The molecule has 0 amide bonds. The van der Waals surface area contributed by atoms with Gasteiger partial charge < -0.3 is 9.47 Å². The molecule has 0 bridgehead atoms. The van der Waals surface area contributed by atoms with Crippen molar-refractivity contribution in [2.24, 2.45) is 0 Å². The smallest absolute Gasteiger partial charge is 0.134 e. The molecule has 1 rings (SSSR count). The van der Waals surface area contributed by atoms with E-state index >= 15 is 0 Å². The molecule has 0 unspecified atom stereocenters. The Morgan fingerprint density at radius 3 is 3.00 bits per heavy atom. The van der Waals surface area contributed by atoms with Gasteiger partial charge in [0.1, 0.15) is 12.0 Å². The highest BCUT2D eigenvalue weighted by Crippen LogP contribution is 2.07. The largest absolute Gasteiger partial charge is 0.498 e. The standard InChI is InChI=1S/C6H8O2/c1-7-6-3-2-4-8-5-6/h2,4-5H,3H2,1H3. The molecule has 0 aliphatic carbocycles. The number of hydrogen-bond donors (Lipinski definition) is 0. The van der Waals surface area contributed by atoms with Gasteiger partial charge in [-0.15, -0.1) is 0 Å². The molecule has 0 saturated carbocycles. The van der Waals surface area contributed by atoms with Gasteiger partial charge in [-0.2, -0.15) is 0 Å². The molecule has 0 aromatic carbocycles. The fourth-order valence-corrected chi connectivity index (χ4v) is 0.515. The van der Waals surface area contributed by atoms with Crippen molar-refractivity contribution in [1.82, 2.24) is 0 Å². The van der Waals surface area contributed by atoms with E-state index in [4.69, 9.17) is 9.47 Å². The molecule has 8 heavy (non-hydrogen) atoms.